The van der Waals surface area contributed by atoms with Crippen LogP contribution in [0, 0.1) is 0 Å². The first kappa shape index (κ1) is 8.88. The van der Waals surface area contributed by atoms with Crippen molar-refractivity contribution in [3.05, 3.63) is 35.2 Å². The maximum atomic E-state index is 10.8. The molecule has 3 aromatic rings. The van der Waals surface area contributed by atoms with Crippen molar-refractivity contribution in [1.82, 2.24) is 0 Å². The number of aromatic carboxylic acids is 1. The molecule has 0 amide bonds. The van der Waals surface area contributed by atoms with Crippen LogP contribution in [0.15, 0.2) is 30.3 Å². The third kappa shape index (κ3) is 1.26. The largest absolute Gasteiger partial charge is 0.477 e. The monoisotopic (exact) mass is 234 g/mol. The molecule has 0 atom stereocenters. The van der Waals surface area contributed by atoms with E-state index in [-0.39, 0.29) is 0 Å². The molecule has 1 aromatic carbocycles. The molecule has 0 aliphatic rings. The van der Waals surface area contributed by atoms with Gasteiger partial charge < -0.3 is 5.11 Å². The number of thiophene rings is 2. The van der Waals surface area contributed by atoms with Gasteiger partial charge in [0, 0.05) is 15.5 Å². The van der Waals surface area contributed by atoms with Crippen LogP contribution in [-0.4, -0.2) is 11.1 Å². The van der Waals surface area contributed by atoms with Gasteiger partial charge in [-0.1, -0.05) is 18.2 Å². The first-order valence-electron chi connectivity index (χ1n) is 4.40. The average molecular weight is 234 g/mol. The lowest BCUT2D eigenvalue weighted by Crippen LogP contribution is -1.89. The molecule has 0 radical (unpaired) electrons. The van der Waals surface area contributed by atoms with Gasteiger partial charge in [-0.15, -0.1) is 22.7 Å². The first-order valence-corrected chi connectivity index (χ1v) is 6.03. The summed E-state index contributed by atoms with van der Waals surface area (Å²) in [6.07, 6.45) is 0. The number of hydrogen-bond donors (Lipinski definition) is 1. The second-order valence-corrected chi connectivity index (χ2v) is 5.58. The van der Waals surface area contributed by atoms with E-state index in [1.165, 1.54) is 16.0 Å². The molecular formula is C11H6O2S2. The molecule has 0 aliphatic heterocycles. The van der Waals surface area contributed by atoms with Gasteiger partial charge in [0.25, 0.3) is 0 Å². The zero-order chi connectivity index (χ0) is 10.4. The van der Waals surface area contributed by atoms with E-state index in [4.69, 9.17) is 5.11 Å². The normalized spacial score (nSPS) is 11.2. The van der Waals surface area contributed by atoms with Gasteiger partial charge in [-0.2, -0.15) is 0 Å². The third-order valence-electron chi connectivity index (χ3n) is 2.29. The van der Waals surface area contributed by atoms with Crippen LogP contribution in [-0.2, 0) is 0 Å². The van der Waals surface area contributed by atoms with E-state index in [9.17, 15) is 4.79 Å². The number of carbonyl (C=O) groups is 1. The molecule has 1 N–H and O–H groups in total. The quantitative estimate of drug-likeness (QED) is 0.695. The minimum absolute atomic E-state index is 0.419. The molecule has 2 aromatic heterocycles. The van der Waals surface area contributed by atoms with Crippen molar-refractivity contribution < 1.29 is 9.90 Å². The average Bonchev–Trinajstić information content (AvgIpc) is 2.73. The summed E-state index contributed by atoms with van der Waals surface area (Å²) in [6.45, 7) is 0. The van der Waals surface area contributed by atoms with Crippen molar-refractivity contribution in [2.24, 2.45) is 0 Å². The fourth-order valence-electron chi connectivity index (χ4n) is 1.62. The molecular weight excluding hydrogens is 228 g/mol. The Morgan fingerprint density at radius 1 is 1.13 bits per heavy atom. The third-order valence-corrected chi connectivity index (χ3v) is 4.69. The maximum Gasteiger partial charge on any atom is 0.345 e. The number of hydrogen-bond acceptors (Lipinski definition) is 3. The van der Waals surface area contributed by atoms with E-state index < -0.39 is 5.97 Å². The molecule has 0 fully saturated rings. The second-order valence-electron chi connectivity index (χ2n) is 3.22. The van der Waals surface area contributed by atoms with E-state index in [0.29, 0.717) is 4.88 Å². The Bertz CT molecular complexity index is 663. The van der Waals surface area contributed by atoms with Crippen LogP contribution in [0.4, 0.5) is 0 Å². The summed E-state index contributed by atoms with van der Waals surface area (Å²) in [5, 5.41) is 11.1. The Balaban J connectivity index is 2.42. The van der Waals surface area contributed by atoms with Gasteiger partial charge in [0.05, 0.1) is 4.01 Å². The number of fused-ring (bicyclic) bond motifs is 3. The van der Waals surface area contributed by atoms with Gasteiger partial charge in [0.2, 0.25) is 0 Å². The summed E-state index contributed by atoms with van der Waals surface area (Å²) in [5.41, 5.74) is 0. The Hall–Kier alpha value is -1.39. The Labute approximate surface area is 93.4 Å². The van der Waals surface area contributed by atoms with Crippen LogP contribution in [0.25, 0.3) is 19.5 Å². The van der Waals surface area contributed by atoms with Gasteiger partial charge >= 0.3 is 5.97 Å². The standard InChI is InChI=1S/C11H6O2S2/c12-10(13)9-5-7-6-3-1-2-4-8(6)14-11(7)15-9/h1-5H,(H,12,13). The molecule has 0 aliphatic carbocycles. The smallest absolute Gasteiger partial charge is 0.345 e. The molecule has 74 valence electrons. The lowest BCUT2D eigenvalue weighted by molar-refractivity contribution is 0.0702. The molecule has 2 heterocycles. The van der Waals surface area contributed by atoms with Gasteiger partial charge in [-0.3, -0.25) is 0 Å². The number of carboxylic acid groups (broad SMARTS) is 1. The number of benzene rings is 1. The lowest BCUT2D eigenvalue weighted by atomic mass is 10.2. The highest BCUT2D eigenvalue weighted by atomic mass is 32.2. The molecule has 0 unspecified atom stereocenters. The SMILES string of the molecule is O=C(O)c1cc2c(s1)sc1ccccc12. The predicted octanol–water partition coefficient (Wildman–Crippen LogP) is 3.81. The molecule has 15 heavy (non-hydrogen) atoms. The molecule has 0 saturated heterocycles. The Kier molecular flexibility index (Phi) is 1.81. The highest BCUT2D eigenvalue weighted by Gasteiger charge is 2.12. The van der Waals surface area contributed by atoms with Crippen molar-refractivity contribution in [3.8, 4) is 0 Å². The molecule has 0 spiro atoms. The maximum absolute atomic E-state index is 10.8. The highest BCUT2D eigenvalue weighted by molar-refractivity contribution is 7.42. The van der Waals surface area contributed by atoms with E-state index in [0.717, 1.165) is 14.8 Å². The number of carboxylic acids is 1. The van der Waals surface area contributed by atoms with Crippen molar-refractivity contribution in [1.29, 1.82) is 0 Å². The molecule has 0 saturated carbocycles. The molecule has 3 rings (SSSR count). The minimum atomic E-state index is -0.840. The zero-order valence-electron chi connectivity index (χ0n) is 7.56. The van der Waals surface area contributed by atoms with E-state index in [1.807, 2.05) is 18.2 Å². The first-order chi connectivity index (χ1) is 7.25. The van der Waals surface area contributed by atoms with Crippen LogP contribution < -0.4 is 0 Å². The van der Waals surface area contributed by atoms with Crippen molar-refractivity contribution >= 4 is 48.1 Å². The summed E-state index contributed by atoms with van der Waals surface area (Å²) < 4.78 is 2.31. The molecule has 0 bridgehead atoms. The van der Waals surface area contributed by atoms with E-state index >= 15 is 0 Å². The van der Waals surface area contributed by atoms with Crippen molar-refractivity contribution in [3.63, 3.8) is 0 Å². The summed E-state index contributed by atoms with van der Waals surface area (Å²) in [4.78, 5) is 11.2. The van der Waals surface area contributed by atoms with Crippen LogP contribution in [0.2, 0.25) is 0 Å². The van der Waals surface area contributed by atoms with Crippen LogP contribution in [0.1, 0.15) is 9.67 Å². The highest BCUT2D eigenvalue weighted by Crippen LogP contribution is 2.39. The summed E-state index contributed by atoms with van der Waals surface area (Å²) in [6, 6.07) is 9.84. The fraction of sp³-hybridized carbons (Fsp3) is 0. The minimum Gasteiger partial charge on any atom is -0.477 e. The predicted molar refractivity (Wildman–Crippen MR) is 64.2 cm³/mol. The summed E-state index contributed by atoms with van der Waals surface area (Å²) in [5.74, 6) is -0.840. The van der Waals surface area contributed by atoms with Gasteiger partial charge in [0.15, 0.2) is 0 Å². The van der Waals surface area contributed by atoms with Crippen molar-refractivity contribution in [2.45, 2.75) is 0 Å². The van der Waals surface area contributed by atoms with Crippen LogP contribution in [0.5, 0.6) is 0 Å². The van der Waals surface area contributed by atoms with Gasteiger partial charge in [-0.05, 0) is 12.1 Å². The van der Waals surface area contributed by atoms with Crippen molar-refractivity contribution in [2.75, 3.05) is 0 Å². The lowest BCUT2D eigenvalue weighted by Gasteiger charge is -1.86. The summed E-state index contributed by atoms with van der Waals surface area (Å²) >= 11 is 3.01. The molecule has 2 nitrogen and oxygen atoms in total. The van der Waals surface area contributed by atoms with E-state index in [2.05, 4.69) is 6.07 Å². The van der Waals surface area contributed by atoms with Crippen LogP contribution >= 0.6 is 22.7 Å². The summed E-state index contributed by atoms with van der Waals surface area (Å²) in [7, 11) is 0. The second kappa shape index (κ2) is 3.05. The number of rotatable bonds is 1. The van der Waals surface area contributed by atoms with E-state index in [1.54, 1.807) is 17.4 Å². The van der Waals surface area contributed by atoms with Gasteiger partial charge in [0.1, 0.15) is 4.88 Å². The molecule has 4 heteroatoms. The fourth-order valence-corrected chi connectivity index (χ4v) is 3.98. The topological polar surface area (TPSA) is 37.3 Å². The Morgan fingerprint density at radius 2 is 1.93 bits per heavy atom. The Morgan fingerprint density at radius 3 is 2.73 bits per heavy atom. The van der Waals surface area contributed by atoms with Crippen LogP contribution in [0.3, 0.4) is 0 Å². The van der Waals surface area contributed by atoms with Gasteiger partial charge in [-0.25, -0.2) is 4.79 Å². The zero-order valence-corrected chi connectivity index (χ0v) is 9.19.